The smallest absolute Gasteiger partial charge is 0.128 e. The molecule has 6 heteroatoms. The van der Waals surface area contributed by atoms with Crippen LogP contribution >= 0.6 is 0 Å². The van der Waals surface area contributed by atoms with Crippen molar-refractivity contribution < 1.29 is 4.39 Å². The average Bonchev–Trinajstić information content (AvgIpc) is 2.67. The molecule has 0 aliphatic carbocycles. The van der Waals surface area contributed by atoms with Gasteiger partial charge >= 0.3 is 0 Å². The lowest BCUT2D eigenvalue weighted by molar-refractivity contribution is 0.605. The number of halogens is 1. The maximum absolute atomic E-state index is 13.8. The molecule has 2 aromatic heterocycles. The Hall–Kier alpha value is -3.41. The lowest BCUT2D eigenvalue weighted by Crippen LogP contribution is -2.15. The molecule has 0 amide bonds. The van der Waals surface area contributed by atoms with Gasteiger partial charge in [-0.2, -0.15) is 0 Å². The van der Waals surface area contributed by atoms with E-state index in [4.69, 9.17) is 5.41 Å². The molecule has 124 valence electrons. The summed E-state index contributed by atoms with van der Waals surface area (Å²) in [7, 11) is 0. The molecule has 3 rings (SSSR count). The van der Waals surface area contributed by atoms with Gasteiger partial charge in [-0.15, -0.1) is 0 Å². The minimum absolute atomic E-state index is 0.224. The number of allylic oxidation sites excluding steroid dienone is 1. The number of aromatic nitrogens is 3. The van der Waals surface area contributed by atoms with E-state index >= 15 is 0 Å². The minimum Gasteiger partial charge on any atom is -0.379 e. The first-order valence-electron chi connectivity index (χ1n) is 7.69. The number of nitrogens with zero attached hydrogens (tertiary/aromatic N) is 3. The number of rotatable bonds is 6. The van der Waals surface area contributed by atoms with Gasteiger partial charge in [0.15, 0.2) is 0 Å². The van der Waals surface area contributed by atoms with Gasteiger partial charge in [-0.05, 0) is 24.3 Å². The number of nitrogens with one attached hydrogen (secondary N) is 2. The largest absolute Gasteiger partial charge is 0.379 e. The van der Waals surface area contributed by atoms with Crippen LogP contribution in [0.4, 0.5) is 4.39 Å². The first-order chi connectivity index (χ1) is 12.2. The Morgan fingerprint density at radius 3 is 2.52 bits per heavy atom. The SMILES string of the molecule is N=C(/C=C(\NCc1ccccc1F)c1cnccn1)c1ccccn1. The van der Waals surface area contributed by atoms with Crippen molar-refractivity contribution in [1.29, 1.82) is 5.41 Å². The van der Waals surface area contributed by atoms with Gasteiger partial charge in [-0.3, -0.25) is 20.4 Å². The van der Waals surface area contributed by atoms with Gasteiger partial charge < -0.3 is 5.32 Å². The Morgan fingerprint density at radius 2 is 1.80 bits per heavy atom. The van der Waals surface area contributed by atoms with Crippen LogP contribution < -0.4 is 5.32 Å². The molecule has 0 saturated carbocycles. The number of hydrogen-bond acceptors (Lipinski definition) is 5. The van der Waals surface area contributed by atoms with E-state index in [9.17, 15) is 4.39 Å². The fraction of sp³-hybridized carbons (Fsp3) is 0.0526. The summed E-state index contributed by atoms with van der Waals surface area (Å²) in [5.41, 5.74) is 2.44. The third-order valence-electron chi connectivity index (χ3n) is 3.50. The second-order valence-corrected chi connectivity index (χ2v) is 5.22. The molecule has 2 N–H and O–H groups in total. The summed E-state index contributed by atoms with van der Waals surface area (Å²) in [5, 5.41) is 11.4. The molecule has 0 atom stereocenters. The van der Waals surface area contributed by atoms with E-state index in [1.165, 1.54) is 6.07 Å². The summed E-state index contributed by atoms with van der Waals surface area (Å²) in [6, 6.07) is 11.9. The predicted molar refractivity (Wildman–Crippen MR) is 94.3 cm³/mol. The molecule has 25 heavy (non-hydrogen) atoms. The third-order valence-corrected chi connectivity index (χ3v) is 3.50. The monoisotopic (exact) mass is 333 g/mol. The summed E-state index contributed by atoms with van der Waals surface area (Å²) < 4.78 is 13.8. The van der Waals surface area contributed by atoms with Crippen molar-refractivity contribution in [1.82, 2.24) is 20.3 Å². The van der Waals surface area contributed by atoms with Crippen LogP contribution in [0.5, 0.6) is 0 Å². The van der Waals surface area contributed by atoms with Crippen molar-refractivity contribution in [2.75, 3.05) is 0 Å². The zero-order valence-electron chi connectivity index (χ0n) is 13.4. The van der Waals surface area contributed by atoms with Crippen LogP contribution in [0.1, 0.15) is 17.0 Å². The Bertz CT molecular complexity index is 879. The van der Waals surface area contributed by atoms with Crippen molar-refractivity contribution in [3.05, 3.63) is 96.1 Å². The highest BCUT2D eigenvalue weighted by atomic mass is 19.1. The normalized spacial score (nSPS) is 11.2. The highest BCUT2D eigenvalue weighted by Crippen LogP contribution is 2.12. The summed E-state index contributed by atoms with van der Waals surface area (Å²) >= 11 is 0. The van der Waals surface area contributed by atoms with Crippen molar-refractivity contribution in [2.24, 2.45) is 0 Å². The van der Waals surface area contributed by atoms with Gasteiger partial charge in [0.1, 0.15) is 11.5 Å². The van der Waals surface area contributed by atoms with Crippen molar-refractivity contribution in [3.8, 4) is 0 Å². The van der Waals surface area contributed by atoms with Crippen LogP contribution in [-0.4, -0.2) is 20.7 Å². The summed E-state index contributed by atoms with van der Waals surface area (Å²) in [4.78, 5) is 12.5. The Kier molecular flexibility index (Phi) is 5.21. The molecule has 0 unspecified atom stereocenters. The van der Waals surface area contributed by atoms with Crippen LogP contribution in [0.15, 0.2) is 73.3 Å². The van der Waals surface area contributed by atoms with Crippen molar-refractivity contribution in [3.63, 3.8) is 0 Å². The van der Waals surface area contributed by atoms with Gasteiger partial charge in [0, 0.05) is 30.7 Å². The first kappa shape index (κ1) is 16.4. The molecule has 5 nitrogen and oxygen atoms in total. The van der Waals surface area contributed by atoms with E-state index in [-0.39, 0.29) is 18.1 Å². The van der Waals surface area contributed by atoms with Crippen LogP contribution in [0, 0.1) is 11.2 Å². The third kappa shape index (κ3) is 4.32. The molecule has 0 fully saturated rings. The topological polar surface area (TPSA) is 74.6 Å². The molecule has 1 aromatic carbocycles. The van der Waals surface area contributed by atoms with Crippen LogP contribution in [0.3, 0.4) is 0 Å². The predicted octanol–water partition coefficient (Wildman–Crippen LogP) is 3.21. The number of hydrogen-bond donors (Lipinski definition) is 2. The molecule has 2 heterocycles. The summed E-state index contributed by atoms with van der Waals surface area (Å²) in [6.45, 7) is 0.268. The van der Waals surface area contributed by atoms with Gasteiger partial charge in [0.05, 0.1) is 23.3 Å². The summed E-state index contributed by atoms with van der Waals surface area (Å²) in [5.74, 6) is -0.284. The zero-order chi connectivity index (χ0) is 17.5. The lowest BCUT2D eigenvalue weighted by Gasteiger charge is -2.11. The number of pyridine rings is 1. The second-order valence-electron chi connectivity index (χ2n) is 5.22. The standard InChI is InChI=1S/C19H16FN5/c20-15-6-2-1-5-14(15)12-25-18(19-13-22-9-10-24-19)11-16(21)17-7-3-4-8-23-17/h1-11,13,21,25H,12H2/b18-11-,21-16?. The van der Waals surface area contributed by atoms with E-state index in [1.807, 2.05) is 6.07 Å². The molecular formula is C19H16FN5. The molecule has 0 aliphatic heterocycles. The van der Waals surface area contributed by atoms with Crippen molar-refractivity contribution in [2.45, 2.75) is 6.54 Å². The van der Waals surface area contributed by atoms with E-state index in [1.54, 1.807) is 61.2 Å². The van der Waals surface area contributed by atoms with Crippen LogP contribution in [0.2, 0.25) is 0 Å². The minimum atomic E-state index is -0.284. The molecular weight excluding hydrogens is 317 g/mol. The Balaban J connectivity index is 1.87. The lowest BCUT2D eigenvalue weighted by atomic mass is 10.1. The Morgan fingerprint density at radius 1 is 1.00 bits per heavy atom. The van der Waals surface area contributed by atoms with Gasteiger partial charge in [-0.1, -0.05) is 24.3 Å². The van der Waals surface area contributed by atoms with E-state index in [0.29, 0.717) is 22.6 Å². The van der Waals surface area contributed by atoms with Gasteiger partial charge in [0.2, 0.25) is 0 Å². The second kappa shape index (κ2) is 7.92. The van der Waals surface area contributed by atoms with E-state index < -0.39 is 0 Å². The van der Waals surface area contributed by atoms with Gasteiger partial charge in [-0.25, -0.2) is 4.39 Å². The Labute approximate surface area is 144 Å². The van der Waals surface area contributed by atoms with Crippen molar-refractivity contribution >= 4 is 11.4 Å². The fourth-order valence-electron chi connectivity index (χ4n) is 2.23. The molecule has 0 saturated heterocycles. The molecule has 0 spiro atoms. The quantitative estimate of drug-likeness (QED) is 0.679. The highest BCUT2D eigenvalue weighted by molar-refractivity contribution is 6.08. The molecule has 3 aromatic rings. The fourth-order valence-corrected chi connectivity index (χ4v) is 2.23. The molecule has 0 bridgehead atoms. The maximum atomic E-state index is 13.8. The zero-order valence-corrected chi connectivity index (χ0v) is 13.4. The molecule has 0 aliphatic rings. The molecule has 0 radical (unpaired) electrons. The first-order valence-corrected chi connectivity index (χ1v) is 7.69. The van der Waals surface area contributed by atoms with Crippen LogP contribution in [0.25, 0.3) is 5.70 Å². The highest BCUT2D eigenvalue weighted by Gasteiger charge is 2.08. The summed E-state index contributed by atoms with van der Waals surface area (Å²) in [6.07, 6.45) is 7.98. The van der Waals surface area contributed by atoms with E-state index in [0.717, 1.165) is 0 Å². The maximum Gasteiger partial charge on any atom is 0.128 e. The number of benzene rings is 1. The van der Waals surface area contributed by atoms with Crippen LogP contribution in [-0.2, 0) is 6.54 Å². The van der Waals surface area contributed by atoms with Gasteiger partial charge in [0.25, 0.3) is 0 Å². The average molecular weight is 333 g/mol. The van der Waals surface area contributed by atoms with E-state index in [2.05, 4.69) is 20.3 Å².